The van der Waals surface area contributed by atoms with E-state index in [0.717, 1.165) is 14.9 Å². The van der Waals surface area contributed by atoms with Crippen LogP contribution in [0.2, 0.25) is 0 Å². The van der Waals surface area contributed by atoms with Gasteiger partial charge in [-0.3, -0.25) is 4.79 Å². The van der Waals surface area contributed by atoms with Crippen LogP contribution in [0.5, 0.6) is 0 Å². The molecule has 1 nitrogen and oxygen atoms in total. The summed E-state index contributed by atoms with van der Waals surface area (Å²) in [4.78, 5) is 12.2. The van der Waals surface area contributed by atoms with E-state index >= 15 is 0 Å². The Labute approximate surface area is 84.7 Å². The van der Waals surface area contributed by atoms with Crippen LogP contribution in [-0.4, -0.2) is 12.0 Å². The summed E-state index contributed by atoms with van der Waals surface area (Å²) in [5, 5.41) is 0. The SMILES string of the molecule is CSc1c(Br)cccc1C(C)=O. The van der Waals surface area contributed by atoms with Crippen molar-refractivity contribution in [2.24, 2.45) is 0 Å². The molecule has 0 N–H and O–H groups in total. The van der Waals surface area contributed by atoms with Gasteiger partial charge in [-0.05, 0) is 35.2 Å². The lowest BCUT2D eigenvalue weighted by Crippen LogP contribution is -1.94. The summed E-state index contributed by atoms with van der Waals surface area (Å²) in [5.41, 5.74) is 0.789. The van der Waals surface area contributed by atoms with Crippen molar-refractivity contribution in [3.8, 4) is 0 Å². The van der Waals surface area contributed by atoms with E-state index < -0.39 is 0 Å². The Morgan fingerprint density at radius 1 is 1.50 bits per heavy atom. The van der Waals surface area contributed by atoms with Gasteiger partial charge >= 0.3 is 0 Å². The molecule has 64 valence electrons. The molecule has 1 aromatic carbocycles. The fourth-order valence-corrected chi connectivity index (χ4v) is 2.54. The van der Waals surface area contributed by atoms with E-state index in [4.69, 9.17) is 0 Å². The number of Topliss-reactive ketones (excluding diaryl/α,β-unsaturated/α-hetero) is 1. The van der Waals surface area contributed by atoms with Crippen LogP contribution in [0.3, 0.4) is 0 Å². The highest BCUT2D eigenvalue weighted by atomic mass is 79.9. The first-order valence-electron chi connectivity index (χ1n) is 3.50. The van der Waals surface area contributed by atoms with Gasteiger partial charge in [0.15, 0.2) is 5.78 Å². The molecule has 1 rings (SSSR count). The van der Waals surface area contributed by atoms with E-state index in [-0.39, 0.29) is 5.78 Å². The molecule has 0 aliphatic heterocycles. The molecule has 0 radical (unpaired) electrons. The van der Waals surface area contributed by atoms with Crippen molar-refractivity contribution in [3.05, 3.63) is 28.2 Å². The zero-order valence-corrected chi connectivity index (χ0v) is 9.33. The molecule has 0 saturated heterocycles. The normalized spacial score (nSPS) is 9.92. The number of thioether (sulfide) groups is 1. The van der Waals surface area contributed by atoms with E-state index in [1.165, 1.54) is 0 Å². The van der Waals surface area contributed by atoms with Crippen molar-refractivity contribution < 1.29 is 4.79 Å². The number of hydrogen-bond acceptors (Lipinski definition) is 2. The summed E-state index contributed by atoms with van der Waals surface area (Å²) >= 11 is 4.99. The van der Waals surface area contributed by atoms with Crippen LogP contribution in [0.15, 0.2) is 27.6 Å². The van der Waals surface area contributed by atoms with Gasteiger partial charge in [-0.1, -0.05) is 12.1 Å². The van der Waals surface area contributed by atoms with Crippen LogP contribution in [0, 0.1) is 0 Å². The van der Waals surface area contributed by atoms with Crippen LogP contribution in [0.4, 0.5) is 0 Å². The van der Waals surface area contributed by atoms with Gasteiger partial charge in [0.25, 0.3) is 0 Å². The number of hydrogen-bond donors (Lipinski definition) is 0. The largest absolute Gasteiger partial charge is 0.294 e. The minimum atomic E-state index is 0.112. The Morgan fingerprint density at radius 2 is 2.17 bits per heavy atom. The van der Waals surface area contributed by atoms with Gasteiger partial charge in [0.2, 0.25) is 0 Å². The molecular formula is C9H9BrOS. The van der Waals surface area contributed by atoms with E-state index in [2.05, 4.69) is 15.9 Å². The second-order valence-corrected chi connectivity index (χ2v) is 4.05. The van der Waals surface area contributed by atoms with Crippen molar-refractivity contribution in [1.82, 2.24) is 0 Å². The van der Waals surface area contributed by atoms with E-state index in [1.54, 1.807) is 18.7 Å². The van der Waals surface area contributed by atoms with Gasteiger partial charge in [0.05, 0.1) is 0 Å². The molecule has 0 bridgehead atoms. The summed E-state index contributed by atoms with van der Waals surface area (Å²) in [6, 6.07) is 5.66. The average molecular weight is 245 g/mol. The molecule has 0 heterocycles. The maximum atomic E-state index is 11.1. The number of ketones is 1. The van der Waals surface area contributed by atoms with Crippen LogP contribution < -0.4 is 0 Å². The number of carbonyl (C=O) groups excluding carboxylic acids is 1. The van der Waals surface area contributed by atoms with E-state index in [0.29, 0.717) is 0 Å². The molecule has 0 aromatic heterocycles. The molecule has 0 atom stereocenters. The number of halogens is 1. The van der Waals surface area contributed by atoms with Crippen LogP contribution >= 0.6 is 27.7 Å². The lowest BCUT2D eigenvalue weighted by molar-refractivity contribution is 0.101. The molecule has 0 amide bonds. The van der Waals surface area contributed by atoms with Gasteiger partial charge in [0.1, 0.15) is 0 Å². The molecule has 0 spiro atoms. The van der Waals surface area contributed by atoms with Crippen LogP contribution in [0.25, 0.3) is 0 Å². The predicted molar refractivity (Wildman–Crippen MR) is 55.9 cm³/mol. The second kappa shape index (κ2) is 4.10. The van der Waals surface area contributed by atoms with Crippen molar-refractivity contribution in [2.45, 2.75) is 11.8 Å². The van der Waals surface area contributed by atoms with E-state index in [9.17, 15) is 4.79 Å². The smallest absolute Gasteiger partial charge is 0.160 e. The highest BCUT2D eigenvalue weighted by molar-refractivity contribution is 9.10. The summed E-state index contributed by atoms with van der Waals surface area (Å²) in [6.45, 7) is 1.58. The molecule has 3 heteroatoms. The lowest BCUT2D eigenvalue weighted by atomic mass is 10.1. The van der Waals surface area contributed by atoms with Gasteiger partial charge in [-0.25, -0.2) is 0 Å². The quantitative estimate of drug-likeness (QED) is 0.587. The second-order valence-electron chi connectivity index (χ2n) is 2.38. The van der Waals surface area contributed by atoms with Crippen LogP contribution in [0.1, 0.15) is 17.3 Å². The Hall–Kier alpha value is -0.280. The molecule has 0 fully saturated rings. The number of carbonyl (C=O) groups is 1. The fraction of sp³-hybridized carbons (Fsp3) is 0.222. The van der Waals surface area contributed by atoms with Gasteiger partial charge in [0, 0.05) is 14.9 Å². The first-order chi connectivity index (χ1) is 5.66. The number of rotatable bonds is 2. The predicted octanol–water partition coefficient (Wildman–Crippen LogP) is 3.37. The van der Waals surface area contributed by atoms with Gasteiger partial charge < -0.3 is 0 Å². The number of benzene rings is 1. The molecule has 0 unspecified atom stereocenters. The Morgan fingerprint density at radius 3 is 2.58 bits per heavy atom. The van der Waals surface area contributed by atoms with Crippen molar-refractivity contribution >= 4 is 33.5 Å². The summed E-state index contributed by atoms with van der Waals surface area (Å²) < 4.78 is 0.989. The average Bonchev–Trinajstić information content (AvgIpc) is 2.03. The standard InChI is InChI=1S/C9H9BrOS/c1-6(11)7-4-3-5-8(10)9(7)12-2/h3-5H,1-2H3. The highest BCUT2D eigenvalue weighted by Crippen LogP contribution is 2.29. The fourth-order valence-electron chi connectivity index (χ4n) is 0.994. The van der Waals surface area contributed by atoms with Crippen molar-refractivity contribution in [2.75, 3.05) is 6.26 Å². The Bertz CT molecular complexity index is 309. The highest BCUT2D eigenvalue weighted by Gasteiger charge is 2.08. The molecule has 1 aromatic rings. The minimum absolute atomic E-state index is 0.112. The molecule has 0 saturated carbocycles. The summed E-state index contributed by atoms with van der Waals surface area (Å²) in [6.07, 6.45) is 1.96. The van der Waals surface area contributed by atoms with Crippen LogP contribution in [-0.2, 0) is 0 Å². The van der Waals surface area contributed by atoms with Gasteiger partial charge in [-0.15, -0.1) is 11.8 Å². The van der Waals surface area contributed by atoms with Crippen molar-refractivity contribution in [3.63, 3.8) is 0 Å². The molecule has 0 aliphatic rings. The third-order valence-corrected chi connectivity index (χ3v) is 3.32. The van der Waals surface area contributed by atoms with Crippen molar-refractivity contribution in [1.29, 1.82) is 0 Å². The topological polar surface area (TPSA) is 17.1 Å². The summed E-state index contributed by atoms with van der Waals surface area (Å²) in [5.74, 6) is 0.112. The third-order valence-electron chi connectivity index (χ3n) is 1.55. The van der Waals surface area contributed by atoms with Gasteiger partial charge in [-0.2, -0.15) is 0 Å². The Kier molecular flexibility index (Phi) is 3.35. The molecule has 0 aliphatic carbocycles. The lowest BCUT2D eigenvalue weighted by Gasteiger charge is -2.05. The molecule has 12 heavy (non-hydrogen) atoms. The Balaban J connectivity index is 3.27. The zero-order chi connectivity index (χ0) is 9.14. The first-order valence-corrected chi connectivity index (χ1v) is 5.52. The summed E-state index contributed by atoms with van der Waals surface area (Å²) in [7, 11) is 0. The zero-order valence-electron chi connectivity index (χ0n) is 6.93. The molecular weight excluding hydrogens is 236 g/mol. The maximum absolute atomic E-state index is 11.1. The van der Waals surface area contributed by atoms with E-state index in [1.807, 2.05) is 24.5 Å². The minimum Gasteiger partial charge on any atom is -0.294 e. The first kappa shape index (κ1) is 9.81. The third kappa shape index (κ3) is 1.90. The monoisotopic (exact) mass is 244 g/mol. The maximum Gasteiger partial charge on any atom is 0.160 e.